The molecular formula is C23H18ClNO4. The smallest absolute Gasteiger partial charge is 0.315 e. The van der Waals surface area contributed by atoms with Crippen LogP contribution < -0.4 is 9.64 Å². The molecule has 1 saturated heterocycles. The summed E-state index contributed by atoms with van der Waals surface area (Å²) in [4.78, 5) is 39.4. The van der Waals surface area contributed by atoms with Crippen LogP contribution in [0, 0.1) is 23.7 Å². The molecule has 3 aliphatic rings. The first-order chi connectivity index (χ1) is 14.0. The van der Waals surface area contributed by atoms with E-state index < -0.39 is 5.97 Å². The molecular weight excluding hydrogens is 390 g/mol. The molecule has 0 aromatic heterocycles. The molecule has 5 nitrogen and oxygen atoms in total. The summed E-state index contributed by atoms with van der Waals surface area (Å²) in [5.74, 6) is -0.619. The van der Waals surface area contributed by atoms with Gasteiger partial charge in [0.05, 0.1) is 23.9 Å². The number of carbonyl (C=O) groups is 3. The van der Waals surface area contributed by atoms with E-state index in [0.29, 0.717) is 16.5 Å². The van der Waals surface area contributed by atoms with E-state index in [9.17, 15) is 14.4 Å². The molecule has 1 saturated carbocycles. The highest BCUT2D eigenvalue weighted by Crippen LogP contribution is 2.53. The molecule has 4 unspecified atom stereocenters. The van der Waals surface area contributed by atoms with Crippen LogP contribution in [-0.4, -0.2) is 17.8 Å². The lowest BCUT2D eigenvalue weighted by molar-refractivity contribution is -0.133. The van der Waals surface area contributed by atoms with Crippen LogP contribution in [0.4, 0.5) is 5.69 Å². The second-order valence-corrected chi connectivity index (χ2v) is 8.22. The fourth-order valence-corrected chi connectivity index (χ4v) is 4.91. The topological polar surface area (TPSA) is 63.7 Å². The van der Waals surface area contributed by atoms with Gasteiger partial charge in [0.15, 0.2) is 0 Å². The van der Waals surface area contributed by atoms with E-state index in [1.807, 2.05) is 0 Å². The molecule has 6 heteroatoms. The van der Waals surface area contributed by atoms with E-state index in [0.717, 1.165) is 12.0 Å². The minimum atomic E-state index is -0.428. The van der Waals surface area contributed by atoms with E-state index in [1.54, 1.807) is 48.5 Å². The maximum absolute atomic E-state index is 12.9. The summed E-state index contributed by atoms with van der Waals surface area (Å²) in [5, 5.41) is 0.600. The first-order valence-corrected chi connectivity index (χ1v) is 10.0. The lowest BCUT2D eigenvalue weighted by Gasteiger charge is -2.18. The molecule has 2 fully saturated rings. The molecule has 2 aliphatic carbocycles. The van der Waals surface area contributed by atoms with Crippen molar-refractivity contribution in [2.24, 2.45) is 23.7 Å². The van der Waals surface area contributed by atoms with Gasteiger partial charge in [-0.25, -0.2) is 4.90 Å². The Morgan fingerprint density at radius 3 is 2.31 bits per heavy atom. The van der Waals surface area contributed by atoms with Gasteiger partial charge in [-0.1, -0.05) is 42.0 Å². The highest BCUT2D eigenvalue weighted by molar-refractivity contribution is 6.30. The summed E-state index contributed by atoms with van der Waals surface area (Å²) >= 11 is 5.86. The van der Waals surface area contributed by atoms with Gasteiger partial charge in [-0.15, -0.1) is 0 Å². The summed E-state index contributed by atoms with van der Waals surface area (Å²) in [6.07, 6.45) is 5.12. The number of imide groups is 1. The van der Waals surface area contributed by atoms with Crippen molar-refractivity contribution in [3.63, 3.8) is 0 Å². The zero-order valence-corrected chi connectivity index (χ0v) is 16.2. The van der Waals surface area contributed by atoms with E-state index >= 15 is 0 Å². The van der Waals surface area contributed by atoms with Gasteiger partial charge in [-0.05, 0) is 48.1 Å². The normalized spacial score (nSPS) is 26.9. The Kier molecular flexibility index (Phi) is 4.28. The zero-order valence-electron chi connectivity index (χ0n) is 15.5. The number of halogens is 1. The van der Waals surface area contributed by atoms with Crippen molar-refractivity contribution >= 4 is 35.1 Å². The zero-order chi connectivity index (χ0) is 20.1. The number of hydrogen-bond acceptors (Lipinski definition) is 4. The maximum atomic E-state index is 12.9. The number of fused-ring (bicyclic) bond motifs is 5. The van der Waals surface area contributed by atoms with Gasteiger partial charge in [-0.2, -0.15) is 0 Å². The van der Waals surface area contributed by atoms with Crippen LogP contribution in [0.25, 0.3) is 0 Å². The fourth-order valence-electron chi connectivity index (χ4n) is 4.78. The Hall–Kier alpha value is -2.92. The van der Waals surface area contributed by atoms with Crippen LogP contribution >= 0.6 is 11.6 Å². The number of nitrogens with zero attached hydrogens (tertiary/aromatic N) is 1. The molecule has 0 radical (unpaired) electrons. The van der Waals surface area contributed by atoms with Crippen molar-refractivity contribution < 1.29 is 19.1 Å². The first-order valence-electron chi connectivity index (χ1n) is 9.62. The van der Waals surface area contributed by atoms with Crippen molar-refractivity contribution in [3.05, 3.63) is 71.3 Å². The van der Waals surface area contributed by atoms with E-state index in [4.69, 9.17) is 16.3 Å². The maximum Gasteiger partial charge on any atom is 0.315 e. The van der Waals surface area contributed by atoms with Crippen molar-refractivity contribution in [2.45, 2.75) is 12.8 Å². The lowest BCUT2D eigenvalue weighted by Crippen LogP contribution is -2.32. The van der Waals surface area contributed by atoms with Gasteiger partial charge in [0, 0.05) is 11.1 Å². The average molecular weight is 408 g/mol. The second kappa shape index (κ2) is 6.85. The molecule has 0 N–H and O–H groups in total. The number of amides is 2. The Labute approximate surface area is 172 Å². The Bertz CT molecular complexity index is 1020. The summed E-state index contributed by atoms with van der Waals surface area (Å²) in [5.41, 5.74) is 1.24. The predicted octanol–water partition coefficient (Wildman–Crippen LogP) is 3.80. The standard InChI is InChI=1S/C23H18ClNO4/c24-16-8-4-13(5-9-16)10-19(26)29-18-3-1-2-17(12-18)25-22(27)20-14-6-7-15(11-14)21(20)23(25)28/h1-9,12,14-15,20-21H,10-11H2. The number of carbonyl (C=O) groups excluding carboxylic acids is 3. The van der Waals surface area contributed by atoms with E-state index in [1.165, 1.54) is 4.90 Å². The summed E-state index contributed by atoms with van der Waals surface area (Å²) in [6.45, 7) is 0. The molecule has 4 atom stereocenters. The number of allylic oxidation sites excluding steroid dienone is 2. The van der Waals surface area contributed by atoms with Crippen molar-refractivity contribution in [1.82, 2.24) is 0 Å². The molecule has 1 heterocycles. The van der Waals surface area contributed by atoms with Crippen molar-refractivity contribution in [2.75, 3.05) is 4.90 Å². The van der Waals surface area contributed by atoms with Crippen LogP contribution in [-0.2, 0) is 20.8 Å². The first kappa shape index (κ1) is 18.1. The van der Waals surface area contributed by atoms with Gasteiger partial charge in [0.1, 0.15) is 5.75 Å². The number of ether oxygens (including phenoxy) is 1. The molecule has 29 heavy (non-hydrogen) atoms. The largest absolute Gasteiger partial charge is 0.426 e. The summed E-state index contributed by atoms with van der Waals surface area (Å²) < 4.78 is 5.43. The van der Waals surface area contributed by atoms with E-state index in [2.05, 4.69) is 12.2 Å². The minimum Gasteiger partial charge on any atom is -0.426 e. The number of hydrogen-bond donors (Lipinski definition) is 0. The highest BCUT2D eigenvalue weighted by atomic mass is 35.5. The van der Waals surface area contributed by atoms with Crippen LogP contribution in [0.2, 0.25) is 5.02 Å². The van der Waals surface area contributed by atoms with Gasteiger partial charge < -0.3 is 4.74 Å². The number of esters is 1. The van der Waals surface area contributed by atoms with Crippen molar-refractivity contribution in [1.29, 1.82) is 0 Å². The summed E-state index contributed by atoms with van der Waals surface area (Å²) in [6, 6.07) is 13.6. The number of benzene rings is 2. The third kappa shape index (κ3) is 3.06. The number of rotatable bonds is 4. The van der Waals surface area contributed by atoms with Gasteiger partial charge in [0.2, 0.25) is 11.8 Å². The lowest BCUT2D eigenvalue weighted by atomic mass is 9.85. The van der Waals surface area contributed by atoms with Crippen LogP contribution in [0.5, 0.6) is 5.75 Å². The Balaban J connectivity index is 1.32. The fraction of sp³-hybridized carbons (Fsp3) is 0.261. The second-order valence-electron chi connectivity index (χ2n) is 7.79. The predicted molar refractivity (Wildman–Crippen MR) is 107 cm³/mol. The van der Waals surface area contributed by atoms with Crippen molar-refractivity contribution in [3.8, 4) is 5.75 Å². The quantitative estimate of drug-likeness (QED) is 0.335. The van der Waals surface area contributed by atoms with Gasteiger partial charge >= 0.3 is 5.97 Å². The SMILES string of the molecule is O=C(Cc1ccc(Cl)cc1)Oc1cccc(N2C(=O)C3C4C=CC(C4)C3C2=O)c1. The molecule has 146 valence electrons. The van der Waals surface area contributed by atoms with Gasteiger partial charge in [-0.3, -0.25) is 14.4 Å². The van der Waals surface area contributed by atoms with Crippen LogP contribution in [0.15, 0.2) is 60.7 Å². The Morgan fingerprint density at radius 1 is 1.00 bits per heavy atom. The third-order valence-corrected chi connectivity index (χ3v) is 6.29. The monoisotopic (exact) mass is 407 g/mol. The molecule has 5 rings (SSSR count). The molecule has 2 bridgehead atoms. The molecule has 2 aromatic rings. The third-order valence-electron chi connectivity index (χ3n) is 6.04. The Morgan fingerprint density at radius 2 is 1.66 bits per heavy atom. The van der Waals surface area contributed by atoms with Crippen LogP contribution in [0.1, 0.15) is 12.0 Å². The minimum absolute atomic E-state index is 0.0994. The molecule has 2 aromatic carbocycles. The molecule has 1 aliphatic heterocycles. The van der Waals surface area contributed by atoms with Crippen LogP contribution in [0.3, 0.4) is 0 Å². The molecule has 0 spiro atoms. The van der Waals surface area contributed by atoms with E-state index in [-0.39, 0.29) is 41.9 Å². The molecule has 2 amide bonds. The summed E-state index contributed by atoms with van der Waals surface area (Å²) in [7, 11) is 0. The number of anilines is 1. The highest BCUT2D eigenvalue weighted by Gasteiger charge is 2.59. The average Bonchev–Trinajstić information content (AvgIpc) is 3.37. The van der Waals surface area contributed by atoms with Gasteiger partial charge in [0.25, 0.3) is 0 Å².